The van der Waals surface area contributed by atoms with Crippen molar-refractivity contribution in [3.05, 3.63) is 42.1 Å². The first-order chi connectivity index (χ1) is 10.8. The minimum Gasteiger partial charge on any atom is -0.465 e. The van der Waals surface area contributed by atoms with Crippen molar-refractivity contribution in [1.82, 2.24) is 4.72 Å². The van der Waals surface area contributed by atoms with Crippen LogP contribution >= 0.6 is 0 Å². The van der Waals surface area contributed by atoms with Crippen LogP contribution in [0.1, 0.15) is 36.0 Å². The van der Waals surface area contributed by atoms with Crippen molar-refractivity contribution in [2.75, 3.05) is 19.0 Å². The lowest BCUT2D eigenvalue weighted by Crippen LogP contribution is -2.31. The van der Waals surface area contributed by atoms with E-state index in [9.17, 15) is 13.2 Å². The molecule has 0 aromatic heterocycles. The SMILES string of the molecule is C=C(CCCCCNS(N)(=O)=O)Nc1ccc(C(=O)OC)cc1. The lowest BCUT2D eigenvalue weighted by Gasteiger charge is -2.10. The molecule has 0 aliphatic heterocycles. The topological polar surface area (TPSA) is 111 Å². The summed E-state index contributed by atoms with van der Waals surface area (Å²) >= 11 is 0. The molecule has 0 atom stereocenters. The van der Waals surface area contributed by atoms with Crippen molar-refractivity contribution in [3.8, 4) is 0 Å². The standard InChI is InChI=1S/C15H23N3O4S/c1-12(6-4-3-5-11-17-23(16,20)21)18-14-9-7-13(8-10-14)15(19)22-2/h7-10,17-18H,1,3-6,11H2,2H3,(H2,16,20,21). The van der Waals surface area contributed by atoms with Gasteiger partial charge in [-0.3, -0.25) is 0 Å². The summed E-state index contributed by atoms with van der Waals surface area (Å²) in [4.78, 5) is 11.3. The van der Waals surface area contributed by atoms with Crippen LogP contribution in [0.2, 0.25) is 0 Å². The molecular formula is C15H23N3O4S. The molecule has 0 radical (unpaired) electrons. The molecule has 0 heterocycles. The Hall–Kier alpha value is -1.90. The Bertz CT molecular complexity index is 627. The van der Waals surface area contributed by atoms with Crippen molar-refractivity contribution < 1.29 is 17.9 Å². The number of carbonyl (C=O) groups is 1. The number of hydrogen-bond donors (Lipinski definition) is 3. The molecule has 4 N–H and O–H groups in total. The Morgan fingerprint density at radius 2 is 1.87 bits per heavy atom. The smallest absolute Gasteiger partial charge is 0.337 e. The highest BCUT2D eigenvalue weighted by Gasteiger charge is 2.04. The monoisotopic (exact) mass is 341 g/mol. The molecular weight excluding hydrogens is 318 g/mol. The van der Waals surface area contributed by atoms with Crippen molar-refractivity contribution in [1.29, 1.82) is 0 Å². The largest absolute Gasteiger partial charge is 0.465 e. The number of unbranched alkanes of at least 4 members (excludes halogenated alkanes) is 2. The van der Waals surface area contributed by atoms with Crippen molar-refractivity contribution in [2.45, 2.75) is 25.7 Å². The molecule has 8 heteroatoms. The van der Waals surface area contributed by atoms with E-state index in [1.165, 1.54) is 7.11 Å². The van der Waals surface area contributed by atoms with Gasteiger partial charge in [0, 0.05) is 17.9 Å². The second kappa shape index (κ2) is 9.29. The maximum absolute atomic E-state index is 11.3. The predicted octanol–water partition coefficient (Wildman–Crippen LogP) is 1.75. The number of methoxy groups -OCH3 is 1. The summed E-state index contributed by atoms with van der Waals surface area (Å²) in [6, 6.07) is 6.93. The maximum Gasteiger partial charge on any atom is 0.337 e. The van der Waals surface area contributed by atoms with E-state index in [2.05, 4.69) is 21.4 Å². The van der Waals surface area contributed by atoms with Crippen LogP contribution in [-0.4, -0.2) is 28.0 Å². The van der Waals surface area contributed by atoms with Crippen LogP contribution in [-0.2, 0) is 14.9 Å². The number of ether oxygens (including phenoxy) is 1. The minimum atomic E-state index is -3.59. The molecule has 1 aromatic rings. The summed E-state index contributed by atoms with van der Waals surface area (Å²) in [5, 5.41) is 7.99. The molecule has 0 aliphatic rings. The zero-order chi connectivity index (χ0) is 17.3. The Morgan fingerprint density at radius 1 is 1.22 bits per heavy atom. The zero-order valence-corrected chi connectivity index (χ0v) is 14.0. The quantitative estimate of drug-likeness (QED) is 0.443. The van der Waals surface area contributed by atoms with Crippen LogP contribution in [0.4, 0.5) is 5.69 Å². The summed E-state index contributed by atoms with van der Waals surface area (Å²) in [6.45, 7) is 4.29. The van der Waals surface area contributed by atoms with Crippen molar-refractivity contribution in [3.63, 3.8) is 0 Å². The number of nitrogens with one attached hydrogen (secondary N) is 2. The number of anilines is 1. The van der Waals surface area contributed by atoms with E-state index in [0.29, 0.717) is 12.1 Å². The Balaban J connectivity index is 2.25. The normalized spacial score (nSPS) is 11.0. The van der Waals surface area contributed by atoms with Crippen molar-refractivity contribution in [2.24, 2.45) is 5.14 Å². The molecule has 0 unspecified atom stereocenters. The first-order valence-corrected chi connectivity index (χ1v) is 8.77. The number of esters is 1. The zero-order valence-electron chi connectivity index (χ0n) is 13.2. The van der Waals surface area contributed by atoms with Gasteiger partial charge >= 0.3 is 5.97 Å². The highest BCUT2D eigenvalue weighted by atomic mass is 32.2. The lowest BCUT2D eigenvalue weighted by atomic mass is 10.1. The second-order valence-corrected chi connectivity index (χ2v) is 6.43. The highest BCUT2D eigenvalue weighted by molar-refractivity contribution is 7.87. The van der Waals surface area contributed by atoms with Crippen LogP contribution in [0.5, 0.6) is 0 Å². The number of rotatable bonds is 10. The fourth-order valence-corrected chi connectivity index (χ4v) is 2.36. The van der Waals surface area contributed by atoms with Gasteiger partial charge in [0.15, 0.2) is 0 Å². The molecule has 23 heavy (non-hydrogen) atoms. The fourth-order valence-electron chi connectivity index (χ4n) is 1.93. The van der Waals surface area contributed by atoms with Gasteiger partial charge in [-0.15, -0.1) is 0 Å². The van der Waals surface area contributed by atoms with Gasteiger partial charge in [-0.05, 0) is 43.5 Å². The van der Waals surface area contributed by atoms with Gasteiger partial charge in [0.2, 0.25) is 0 Å². The lowest BCUT2D eigenvalue weighted by molar-refractivity contribution is 0.0601. The molecule has 0 aliphatic carbocycles. The average molecular weight is 341 g/mol. The minimum absolute atomic E-state index is 0.341. The van der Waals surface area contributed by atoms with Crippen LogP contribution in [0.3, 0.4) is 0 Å². The molecule has 0 spiro atoms. The van der Waals surface area contributed by atoms with Gasteiger partial charge in [0.05, 0.1) is 12.7 Å². The van der Waals surface area contributed by atoms with Gasteiger partial charge in [-0.25, -0.2) is 14.7 Å². The summed E-state index contributed by atoms with van der Waals surface area (Å²) < 4.78 is 28.2. The van der Waals surface area contributed by atoms with Crippen LogP contribution < -0.4 is 15.2 Å². The van der Waals surface area contributed by atoms with Gasteiger partial charge in [0.25, 0.3) is 10.2 Å². The number of benzene rings is 1. The van der Waals surface area contributed by atoms with Gasteiger partial charge in [-0.2, -0.15) is 8.42 Å². The first-order valence-electron chi connectivity index (χ1n) is 7.22. The Labute approximate surface area is 137 Å². The average Bonchev–Trinajstić information content (AvgIpc) is 2.49. The second-order valence-electron chi connectivity index (χ2n) is 5.05. The third-order valence-electron chi connectivity index (χ3n) is 3.09. The highest BCUT2D eigenvalue weighted by Crippen LogP contribution is 2.15. The molecule has 7 nitrogen and oxygen atoms in total. The number of nitrogens with two attached hydrogens (primary N) is 1. The molecule has 1 aromatic carbocycles. The maximum atomic E-state index is 11.3. The molecule has 0 saturated carbocycles. The summed E-state index contributed by atoms with van der Waals surface area (Å²) in [5.41, 5.74) is 2.19. The first kappa shape index (κ1) is 19.1. The van der Waals surface area contributed by atoms with Crippen LogP contribution in [0.25, 0.3) is 0 Å². The van der Waals surface area contributed by atoms with E-state index in [1.54, 1.807) is 24.3 Å². The van der Waals surface area contributed by atoms with Crippen LogP contribution in [0, 0.1) is 0 Å². The Kier molecular flexibility index (Phi) is 7.73. The molecule has 0 bridgehead atoms. The summed E-state index contributed by atoms with van der Waals surface area (Å²) in [5.74, 6) is -0.372. The molecule has 0 saturated heterocycles. The van der Waals surface area contributed by atoms with Crippen molar-refractivity contribution >= 4 is 21.9 Å². The van der Waals surface area contributed by atoms with E-state index in [-0.39, 0.29) is 5.97 Å². The molecule has 1 rings (SSSR count). The predicted molar refractivity (Wildman–Crippen MR) is 90.1 cm³/mol. The van der Waals surface area contributed by atoms with Crippen LogP contribution in [0.15, 0.2) is 36.5 Å². The molecule has 128 valence electrons. The van der Waals surface area contributed by atoms with E-state index in [1.807, 2.05) is 0 Å². The third kappa shape index (κ3) is 8.34. The molecule has 0 amide bonds. The van der Waals surface area contributed by atoms with E-state index in [0.717, 1.165) is 37.1 Å². The number of hydrogen-bond acceptors (Lipinski definition) is 5. The van der Waals surface area contributed by atoms with Gasteiger partial charge < -0.3 is 10.1 Å². The fraction of sp³-hybridized carbons (Fsp3) is 0.400. The van der Waals surface area contributed by atoms with E-state index < -0.39 is 10.2 Å². The molecule has 0 fully saturated rings. The van der Waals surface area contributed by atoms with E-state index >= 15 is 0 Å². The third-order valence-corrected chi connectivity index (χ3v) is 3.69. The summed E-state index contributed by atoms with van der Waals surface area (Å²) in [6.07, 6.45) is 3.24. The van der Waals surface area contributed by atoms with E-state index in [4.69, 9.17) is 5.14 Å². The van der Waals surface area contributed by atoms with Gasteiger partial charge in [0.1, 0.15) is 0 Å². The Morgan fingerprint density at radius 3 is 2.43 bits per heavy atom. The summed E-state index contributed by atoms with van der Waals surface area (Å²) in [7, 11) is -2.25. The number of carbonyl (C=O) groups excluding carboxylic acids is 1. The van der Waals surface area contributed by atoms with Gasteiger partial charge in [-0.1, -0.05) is 13.0 Å². The number of allylic oxidation sites excluding steroid dienone is 1.